The summed E-state index contributed by atoms with van der Waals surface area (Å²) in [5.41, 5.74) is 0. The number of rotatable bonds is 5. The van der Waals surface area contributed by atoms with Crippen LogP contribution in [0.25, 0.3) is 0 Å². The molecule has 1 aromatic rings. The number of aliphatic hydroxyl groups excluding tert-OH is 1. The summed E-state index contributed by atoms with van der Waals surface area (Å²) >= 11 is 0. The smallest absolute Gasteiger partial charge is 0.119 e. The molecule has 13 heavy (non-hydrogen) atoms. The first kappa shape index (κ1) is 10.0. The summed E-state index contributed by atoms with van der Waals surface area (Å²) in [5.74, 6) is 0.830. The van der Waals surface area contributed by atoms with E-state index in [0.717, 1.165) is 5.75 Å². The van der Waals surface area contributed by atoms with Crippen molar-refractivity contribution >= 4 is 0 Å². The van der Waals surface area contributed by atoms with Crippen molar-refractivity contribution in [1.82, 2.24) is 5.32 Å². The van der Waals surface area contributed by atoms with E-state index >= 15 is 0 Å². The van der Waals surface area contributed by atoms with Gasteiger partial charge in [-0.1, -0.05) is 18.2 Å². The van der Waals surface area contributed by atoms with Gasteiger partial charge in [0.25, 0.3) is 0 Å². The van der Waals surface area contributed by atoms with Gasteiger partial charge in [-0.15, -0.1) is 0 Å². The fraction of sp³-hybridized carbons (Fsp3) is 0.400. The Balaban J connectivity index is 2.34. The number of hydrogen-bond donors (Lipinski definition) is 2. The summed E-state index contributed by atoms with van der Waals surface area (Å²) in [7, 11) is 1.80. The topological polar surface area (TPSA) is 41.5 Å². The van der Waals surface area contributed by atoms with E-state index < -0.39 is 0 Å². The van der Waals surface area contributed by atoms with Crippen molar-refractivity contribution in [3.63, 3.8) is 0 Å². The van der Waals surface area contributed by atoms with Crippen LogP contribution in [-0.2, 0) is 0 Å². The Morgan fingerprint density at radius 1 is 1.38 bits per heavy atom. The number of para-hydroxylation sites is 1. The maximum atomic E-state index is 8.86. The highest BCUT2D eigenvalue weighted by Gasteiger charge is 2.03. The van der Waals surface area contributed by atoms with Gasteiger partial charge >= 0.3 is 0 Å². The number of hydrogen-bond acceptors (Lipinski definition) is 3. The Kier molecular flexibility index (Phi) is 4.29. The molecule has 1 atom stereocenters. The molecule has 0 heterocycles. The number of likely N-dealkylation sites (N-methyl/N-ethyl adjacent to an activating group) is 1. The lowest BCUT2D eigenvalue weighted by Gasteiger charge is -2.13. The standard InChI is InChI=1S/C10H15NO2/c1-11-9(7-12)8-13-10-5-3-2-4-6-10/h2-6,9,11-12H,7-8H2,1H3. The van der Waals surface area contributed by atoms with Gasteiger partial charge in [0, 0.05) is 0 Å². The van der Waals surface area contributed by atoms with E-state index in [1.807, 2.05) is 30.3 Å². The summed E-state index contributed by atoms with van der Waals surface area (Å²) in [5, 5.41) is 11.8. The first-order valence-corrected chi connectivity index (χ1v) is 4.32. The van der Waals surface area contributed by atoms with Crippen molar-refractivity contribution in [2.24, 2.45) is 0 Å². The Morgan fingerprint density at radius 2 is 2.08 bits per heavy atom. The molecule has 72 valence electrons. The van der Waals surface area contributed by atoms with E-state index in [4.69, 9.17) is 9.84 Å². The van der Waals surface area contributed by atoms with Crippen LogP contribution in [0.1, 0.15) is 0 Å². The van der Waals surface area contributed by atoms with Gasteiger partial charge in [0.2, 0.25) is 0 Å². The van der Waals surface area contributed by atoms with Crippen LogP contribution in [0.3, 0.4) is 0 Å². The Morgan fingerprint density at radius 3 is 2.62 bits per heavy atom. The van der Waals surface area contributed by atoms with Gasteiger partial charge in [-0.2, -0.15) is 0 Å². The van der Waals surface area contributed by atoms with Gasteiger partial charge in [0.15, 0.2) is 0 Å². The van der Waals surface area contributed by atoms with Crippen molar-refractivity contribution in [3.8, 4) is 5.75 Å². The molecule has 0 bridgehead atoms. The van der Waals surface area contributed by atoms with Crippen LogP contribution < -0.4 is 10.1 Å². The highest BCUT2D eigenvalue weighted by Crippen LogP contribution is 2.08. The van der Waals surface area contributed by atoms with Crippen LogP contribution in [-0.4, -0.2) is 31.4 Å². The average molecular weight is 181 g/mol. The number of ether oxygens (including phenoxy) is 1. The molecule has 0 spiro atoms. The first-order valence-electron chi connectivity index (χ1n) is 4.32. The van der Waals surface area contributed by atoms with Crippen LogP contribution in [0.15, 0.2) is 30.3 Å². The summed E-state index contributed by atoms with van der Waals surface area (Å²) in [4.78, 5) is 0. The lowest BCUT2D eigenvalue weighted by Crippen LogP contribution is -2.34. The van der Waals surface area contributed by atoms with Gasteiger partial charge < -0.3 is 15.2 Å². The number of aliphatic hydroxyl groups is 1. The normalized spacial score (nSPS) is 12.5. The van der Waals surface area contributed by atoms with Gasteiger partial charge in [0.1, 0.15) is 12.4 Å². The molecule has 1 unspecified atom stereocenters. The van der Waals surface area contributed by atoms with E-state index in [1.165, 1.54) is 0 Å². The van der Waals surface area contributed by atoms with E-state index in [9.17, 15) is 0 Å². The van der Waals surface area contributed by atoms with Crippen molar-refractivity contribution in [1.29, 1.82) is 0 Å². The van der Waals surface area contributed by atoms with Crippen molar-refractivity contribution in [2.75, 3.05) is 20.3 Å². The molecule has 3 heteroatoms. The zero-order chi connectivity index (χ0) is 9.52. The van der Waals surface area contributed by atoms with Gasteiger partial charge in [-0.05, 0) is 19.2 Å². The Bertz CT molecular complexity index is 222. The minimum absolute atomic E-state index is 0.000191. The Hall–Kier alpha value is -1.06. The molecule has 0 radical (unpaired) electrons. The molecule has 0 aromatic heterocycles. The molecule has 2 N–H and O–H groups in total. The molecule has 0 saturated carbocycles. The molecular weight excluding hydrogens is 166 g/mol. The molecule has 1 rings (SSSR count). The largest absolute Gasteiger partial charge is 0.492 e. The minimum atomic E-state index is 0.000191. The van der Waals surface area contributed by atoms with Gasteiger partial charge in [0.05, 0.1) is 12.6 Å². The lowest BCUT2D eigenvalue weighted by atomic mass is 10.3. The maximum Gasteiger partial charge on any atom is 0.119 e. The third kappa shape index (κ3) is 3.44. The molecule has 1 aromatic carbocycles. The number of benzene rings is 1. The fourth-order valence-corrected chi connectivity index (χ4v) is 0.941. The molecule has 3 nitrogen and oxygen atoms in total. The average Bonchev–Trinajstić information content (AvgIpc) is 2.21. The van der Waals surface area contributed by atoms with Gasteiger partial charge in [-0.3, -0.25) is 0 Å². The van der Waals surface area contributed by atoms with Crippen molar-refractivity contribution in [3.05, 3.63) is 30.3 Å². The molecule has 0 fully saturated rings. The molecule has 0 amide bonds. The highest BCUT2D eigenvalue weighted by molar-refractivity contribution is 5.20. The van der Waals surface area contributed by atoms with Crippen molar-refractivity contribution in [2.45, 2.75) is 6.04 Å². The fourth-order valence-electron chi connectivity index (χ4n) is 0.941. The minimum Gasteiger partial charge on any atom is -0.492 e. The quantitative estimate of drug-likeness (QED) is 0.700. The third-order valence-corrected chi connectivity index (χ3v) is 1.82. The first-order chi connectivity index (χ1) is 6.36. The van der Waals surface area contributed by atoms with Crippen LogP contribution in [0.5, 0.6) is 5.75 Å². The highest BCUT2D eigenvalue weighted by atomic mass is 16.5. The predicted octanol–water partition coefficient (Wildman–Crippen LogP) is 0.646. The molecular formula is C10H15NO2. The zero-order valence-electron chi connectivity index (χ0n) is 7.73. The van der Waals surface area contributed by atoms with E-state index in [-0.39, 0.29) is 12.6 Å². The van der Waals surface area contributed by atoms with Crippen molar-refractivity contribution < 1.29 is 9.84 Å². The van der Waals surface area contributed by atoms with E-state index in [0.29, 0.717) is 6.61 Å². The van der Waals surface area contributed by atoms with Crippen LogP contribution >= 0.6 is 0 Å². The molecule has 0 aliphatic heterocycles. The zero-order valence-corrected chi connectivity index (χ0v) is 7.73. The second kappa shape index (κ2) is 5.56. The van der Waals surface area contributed by atoms with Crippen LogP contribution in [0.2, 0.25) is 0 Å². The molecule has 0 aliphatic rings. The number of nitrogens with one attached hydrogen (secondary N) is 1. The summed E-state index contributed by atoms with van der Waals surface area (Å²) in [6.45, 7) is 0.570. The third-order valence-electron chi connectivity index (χ3n) is 1.82. The van der Waals surface area contributed by atoms with Crippen LogP contribution in [0, 0.1) is 0 Å². The summed E-state index contributed by atoms with van der Waals surface area (Å²) in [6, 6.07) is 9.56. The van der Waals surface area contributed by atoms with E-state index in [2.05, 4.69) is 5.32 Å². The summed E-state index contributed by atoms with van der Waals surface area (Å²) in [6.07, 6.45) is 0. The molecule has 0 aliphatic carbocycles. The van der Waals surface area contributed by atoms with Crippen LogP contribution in [0.4, 0.5) is 0 Å². The monoisotopic (exact) mass is 181 g/mol. The second-order valence-corrected chi connectivity index (χ2v) is 2.79. The van der Waals surface area contributed by atoms with E-state index in [1.54, 1.807) is 7.05 Å². The predicted molar refractivity (Wildman–Crippen MR) is 51.9 cm³/mol. The molecule has 0 saturated heterocycles. The SMILES string of the molecule is CNC(CO)COc1ccccc1. The van der Waals surface area contributed by atoms with Gasteiger partial charge in [-0.25, -0.2) is 0 Å². The maximum absolute atomic E-state index is 8.86. The Labute approximate surface area is 78.3 Å². The lowest BCUT2D eigenvalue weighted by molar-refractivity contribution is 0.189. The summed E-state index contributed by atoms with van der Waals surface area (Å²) < 4.78 is 5.43. The second-order valence-electron chi connectivity index (χ2n) is 2.79.